The third kappa shape index (κ3) is 2.56. The SMILES string of the molecule is CC1CCN(C(=S)NC2CC2)CC1. The molecule has 2 aliphatic rings. The predicted molar refractivity (Wildman–Crippen MR) is 58.7 cm³/mol. The summed E-state index contributed by atoms with van der Waals surface area (Å²) in [4.78, 5) is 2.33. The first kappa shape index (κ1) is 9.25. The van der Waals surface area contributed by atoms with E-state index in [4.69, 9.17) is 12.2 Å². The fraction of sp³-hybridized carbons (Fsp3) is 0.900. The molecule has 0 bridgehead atoms. The molecule has 0 spiro atoms. The van der Waals surface area contributed by atoms with E-state index >= 15 is 0 Å². The minimum atomic E-state index is 0.701. The molecular formula is C10H18N2S. The monoisotopic (exact) mass is 198 g/mol. The molecule has 1 saturated carbocycles. The molecule has 0 unspecified atom stereocenters. The first-order valence-electron chi connectivity index (χ1n) is 5.31. The highest BCUT2D eigenvalue weighted by Gasteiger charge is 2.25. The van der Waals surface area contributed by atoms with Gasteiger partial charge in [0.15, 0.2) is 5.11 Å². The normalized spacial score (nSPS) is 24.5. The van der Waals surface area contributed by atoms with Crippen molar-refractivity contribution in [1.82, 2.24) is 10.2 Å². The summed E-state index contributed by atoms with van der Waals surface area (Å²) in [6.45, 7) is 4.63. The van der Waals surface area contributed by atoms with Crippen molar-refractivity contribution in [2.75, 3.05) is 13.1 Å². The predicted octanol–water partition coefficient (Wildman–Crippen LogP) is 1.76. The van der Waals surface area contributed by atoms with E-state index in [0.717, 1.165) is 24.1 Å². The molecule has 1 aliphatic heterocycles. The molecule has 1 N–H and O–H groups in total. The molecule has 0 aromatic carbocycles. The molecule has 2 nitrogen and oxygen atoms in total. The Morgan fingerprint density at radius 3 is 2.38 bits per heavy atom. The molecule has 0 radical (unpaired) electrons. The Hall–Kier alpha value is -0.310. The van der Waals surface area contributed by atoms with Crippen LogP contribution in [0.4, 0.5) is 0 Å². The number of nitrogens with zero attached hydrogens (tertiary/aromatic N) is 1. The van der Waals surface area contributed by atoms with Crippen molar-refractivity contribution >= 4 is 17.3 Å². The highest BCUT2D eigenvalue weighted by atomic mass is 32.1. The van der Waals surface area contributed by atoms with Crippen LogP contribution in [0.15, 0.2) is 0 Å². The number of hydrogen-bond donors (Lipinski definition) is 1. The van der Waals surface area contributed by atoms with Crippen LogP contribution in [0.2, 0.25) is 0 Å². The molecule has 13 heavy (non-hydrogen) atoms. The van der Waals surface area contributed by atoms with Gasteiger partial charge in [-0.25, -0.2) is 0 Å². The third-order valence-corrected chi connectivity index (χ3v) is 3.35. The summed E-state index contributed by atoms with van der Waals surface area (Å²) in [6.07, 6.45) is 5.22. The van der Waals surface area contributed by atoms with Crippen molar-refractivity contribution < 1.29 is 0 Å². The number of rotatable bonds is 1. The zero-order valence-electron chi connectivity index (χ0n) is 8.25. The lowest BCUT2D eigenvalue weighted by Gasteiger charge is -2.32. The fourth-order valence-corrected chi connectivity index (χ4v) is 2.05. The number of thiocarbonyl (C=S) groups is 1. The summed E-state index contributed by atoms with van der Waals surface area (Å²) in [5, 5.41) is 4.39. The molecule has 0 atom stereocenters. The van der Waals surface area contributed by atoms with E-state index in [1.54, 1.807) is 0 Å². The van der Waals surface area contributed by atoms with E-state index in [2.05, 4.69) is 17.1 Å². The van der Waals surface area contributed by atoms with Crippen molar-refractivity contribution in [3.63, 3.8) is 0 Å². The third-order valence-electron chi connectivity index (χ3n) is 2.98. The number of likely N-dealkylation sites (tertiary alicyclic amines) is 1. The lowest BCUT2D eigenvalue weighted by molar-refractivity contribution is 0.277. The van der Waals surface area contributed by atoms with Gasteiger partial charge in [-0.15, -0.1) is 0 Å². The average Bonchev–Trinajstić information content (AvgIpc) is 2.89. The molecule has 1 saturated heterocycles. The van der Waals surface area contributed by atoms with Crippen LogP contribution in [-0.2, 0) is 0 Å². The Balaban J connectivity index is 1.75. The van der Waals surface area contributed by atoms with Gasteiger partial charge in [-0.3, -0.25) is 0 Å². The van der Waals surface area contributed by atoms with E-state index in [0.29, 0.717) is 6.04 Å². The van der Waals surface area contributed by atoms with Crippen LogP contribution in [-0.4, -0.2) is 29.1 Å². The van der Waals surface area contributed by atoms with Crippen molar-refractivity contribution in [3.05, 3.63) is 0 Å². The Kier molecular flexibility index (Phi) is 2.72. The largest absolute Gasteiger partial charge is 0.360 e. The molecule has 1 heterocycles. The first-order chi connectivity index (χ1) is 6.25. The topological polar surface area (TPSA) is 15.3 Å². The van der Waals surface area contributed by atoms with E-state index in [9.17, 15) is 0 Å². The standard InChI is InChI=1S/C10H18N2S/c1-8-4-6-12(7-5-8)10(13)11-9-2-3-9/h8-9H,2-7H2,1H3,(H,11,13). The summed E-state index contributed by atoms with van der Waals surface area (Å²) in [6, 6.07) is 0.701. The van der Waals surface area contributed by atoms with Gasteiger partial charge in [0.1, 0.15) is 0 Å². The van der Waals surface area contributed by atoms with E-state index in [1.807, 2.05) is 0 Å². The van der Waals surface area contributed by atoms with Gasteiger partial charge in [-0.05, 0) is 43.8 Å². The van der Waals surface area contributed by atoms with Gasteiger partial charge in [0.05, 0.1) is 0 Å². The Bertz CT molecular complexity index is 193. The van der Waals surface area contributed by atoms with Gasteiger partial charge in [0.25, 0.3) is 0 Å². The summed E-state index contributed by atoms with van der Waals surface area (Å²) in [5.41, 5.74) is 0. The van der Waals surface area contributed by atoms with Crippen LogP contribution in [0.1, 0.15) is 32.6 Å². The Morgan fingerprint density at radius 2 is 1.85 bits per heavy atom. The maximum absolute atomic E-state index is 5.34. The second-order valence-corrected chi connectivity index (χ2v) is 4.78. The Labute approximate surface area is 85.7 Å². The van der Waals surface area contributed by atoms with Crippen LogP contribution >= 0.6 is 12.2 Å². The van der Waals surface area contributed by atoms with Crippen LogP contribution in [0.25, 0.3) is 0 Å². The summed E-state index contributed by atoms with van der Waals surface area (Å²) in [7, 11) is 0. The zero-order chi connectivity index (χ0) is 9.26. The molecule has 0 aromatic heterocycles. The number of nitrogens with one attached hydrogen (secondary N) is 1. The van der Waals surface area contributed by atoms with Gasteiger partial charge in [0.2, 0.25) is 0 Å². The van der Waals surface area contributed by atoms with E-state index in [-0.39, 0.29) is 0 Å². The summed E-state index contributed by atoms with van der Waals surface area (Å²) >= 11 is 5.34. The zero-order valence-corrected chi connectivity index (χ0v) is 9.07. The smallest absolute Gasteiger partial charge is 0.169 e. The van der Waals surface area contributed by atoms with Crippen LogP contribution in [0.5, 0.6) is 0 Å². The maximum Gasteiger partial charge on any atom is 0.169 e. The molecule has 74 valence electrons. The van der Waals surface area contributed by atoms with Gasteiger partial charge in [-0.2, -0.15) is 0 Å². The lowest BCUT2D eigenvalue weighted by Crippen LogP contribution is -2.44. The quantitative estimate of drug-likeness (QED) is 0.646. The minimum absolute atomic E-state index is 0.701. The fourth-order valence-electron chi connectivity index (χ4n) is 1.71. The number of piperidine rings is 1. The molecule has 2 fully saturated rings. The van der Waals surface area contributed by atoms with Crippen molar-refractivity contribution in [2.24, 2.45) is 5.92 Å². The lowest BCUT2D eigenvalue weighted by atomic mass is 10.00. The van der Waals surface area contributed by atoms with Crippen molar-refractivity contribution in [2.45, 2.75) is 38.6 Å². The second-order valence-electron chi connectivity index (χ2n) is 4.39. The molecule has 1 aliphatic carbocycles. The summed E-state index contributed by atoms with van der Waals surface area (Å²) < 4.78 is 0. The summed E-state index contributed by atoms with van der Waals surface area (Å²) in [5.74, 6) is 0.889. The maximum atomic E-state index is 5.34. The van der Waals surface area contributed by atoms with E-state index in [1.165, 1.54) is 25.7 Å². The molecular weight excluding hydrogens is 180 g/mol. The van der Waals surface area contributed by atoms with Crippen molar-refractivity contribution in [1.29, 1.82) is 0 Å². The van der Waals surface area contributed by atoms with Gasteiger partial charge >= 0.3 is 0 Å². The molecule has 3 heteroatoms. The van der Waals surface area contributed by atoms with Crippen molar-refractivity contribution in [3.8, 4) is 0 Å². The Morgan fingerprint density at radius 1 is 1.23 bits per heavy atom. The molecule has 0 amide bonds. The first-order valence-corrected chi connectivity index (χ1v) is 5.72. The second kappa shape index (κ2) is 3.82. The van der Waals surface area contributed by atoms with Crippen LogP contribution in [0, 0.1) is 5.92 Å². The van der Waals surface area contributed by atoms with Gasteiger partial charge in [0, 0.05) is 19.1 Å². The van der Waals surface area contributed by atoms with Crippen LogP contribution < -0.4 is 5.32 Å². The van der Waals surface area contributed by atoms with Gasteiger partial charge in [-0.1, -0.05) is 6.92 Å². The molecule has 0 aromatic rings. The highest BCUT2D eigenvalue weighted by molar-refractivity contribution is 7.80. The number of hydrogen-bond acceptors (Lipinski definition) is 1. The average molecular weight is 198 g/mol. The van der Waals surface area contributed by atoms with Gasteiger partial charge < -0.3 is 10.2 Å². The minimum Gasteiger partial charge on any atom is -0.360 e. The molecule has 2 rings (SSSR count). The highest BCUT2D eigenvalue weighted by Crippen LogP contribution is 2.20. The van der Waals surface area contributed by atoms with E-state index < -0.39 is 0 Å². The van der Waals surface area contributed by atoms with Crippen LogP contribution in [0.3, 0.4) is 0 Å².